The van der Waals surface area contributed by atoms with Crippen molar-refractivity contribution in [2.24, 2.45) is 0 Å². The van der Waals surface area contributed by atoms with Crippen LogP contribution in [0.5, 0.6) is 0 Å². The highest BCUT2D eigenvalue weighted by molar-refractivity contribution is 5.79. The molecule has 174 valence electrons. The SMILES string of the molecule is Cc1ccc(CC(=O)N2CCC(c3nc4c(nnn4Cc4cccc(F)c4)c(=O)[nH]3)CC2)cc1. The first-order valence-electron chi connectivity index (χ1n) is 11.4. The van der Waals surface area contributed by atoms with Crippen LogP contribution in [0.2, 0.25) is 0 Å². The summed E-state index contributed by atoms with van der Waals surface area (Å²) < 4.78 is 15.1. The van der Waals surface area contributed by atoms with Gasteiger partial charge < -0.3 is 9.88 Å². The molecule has 0 spiro atoms. The monoisotopic (exact) mass is 460 g/mol. The van der Waals surface area contributed by atoms with Crippen LogP contribution in [0.4, 0.5) is 4.39 Å². The average Bonchev–Trinajstić information content (AvgIpc) is 3.24. The van der Waals surface area contributed by atoms with Crippen LogP contribution in [-0.4, -0.2) is 48.9 Å². The average molecular weight is 461 g/mol. The minimum absolute atomic E-state index is 0.0260. The maximum atomic E-state index is 13.6. The van der Waals surface area contributed by atoms with Gasteiger partial charge >= 0.3 is 0 Å². The van der Waals surface area contributed by atoms with Crippen LogP contribution in [0.1, 0.15) is 41.3 Å². The Morgan fingerprint density at radius 2 is 1.88 bits per heavy atom. The van der Waals surface area contributed by atoms with Gasteiger partial charge in [-0.2, -0.15) is 0 Å². The lowest BCUT2D eigenvalue weighted by Crippen LogP contribution is -2.39. The quantitative estimate of drug-likeness (QED) is 0.494. The molecule has 0 atom stereocenters. The van der Waals surface area contributed by atoms with E-state index in [9.17, 15) is 14.0 Å². The van der Waals surface area contributed by atoms with E-state index in [1.165, 1.54) is 22.4 Å². The third kappa shape index (κ3) is 4.59. The van der Waals surface area contributed by atoms with Crippen molar-refractivity contribution in [2.45, 2.75) is 38.6 Å². The van der Waals surface area contributed by atoms with Gasteiger partial charge in [0.1, 0.15) is 11.6 Å². The second-order valence-corrected chi connectivity index (χ2v) is 8.82. The van der Waals surface area contributed by atoms with Crippen molar-refractivity contribution >= 4 is 17.1 Å². The van der Waals surface area contributed by atoms with Crippen molar-refractivity contribution in [3.8, 4) is 0 Å². The minimum Gasteiger partial charge on any atom is -0.342 e. The first kappa shape index (κ1) is 21.9. The van der Waals surface area contributed by atoms with E-state index in [0.29, 0.717) is 49.4 Å². The van der Waals surface area contributed by atoms with E-state index < -0.39 is 0 Å². The summed E-state index contributed by atoms with van der Waals surface area (Å²) in [6.45, 7) is 3.50. The van der Waals surface area contributed by atoms with Crippen molar-refractivity contribution in [1.82, 2.24) is 29.9 Å². The maximum Gasteiger partial charge on any atom is 0.281 e. The van der Waals surface area contributed by atoms with Gasteiger partial charge in [0.2, 0.25) is 5.91 Å². The molecule has 8 nitrogen and oxygen atoms in total. The van der Waals surface area contributed by atoms with Gasteiger partial charge in [-0.05, 0) is 43.0 Å². The van der Waals surface area contributed by atoms with Gasteiger partial charge in [-0.15, -0.1) is 5.10 Å². The van der Waals surface area contributed by atoms with Crippen LogP contribution >= 0.6 is 0 Å². The number of H-pyrrole nitrogens is 1. The molecule has 1 N–H and O–H groups in total. The van der Waals surface area contributed by atoms with Crippen molar-refractivity contribution in [1.29, 1.82) is 0 Å². The molecule has 1 saturated heterocycles. The Kier molecular flexibility index (Phi) is 5.91. The number of aromatic nitrogens is 5. The molecule has 1 aliphatic heterocycles. The van der Waals surface area contributed by atoms with Gasteiger partial charge in [-0.1, -0.05) is 47.2 Å². The van der Waals surface area contributed by atoms with E-state index in [0.717, 1.165) is 5.56 Å². The van der Waals surface area contributed by atoms with Crippen LogP contribution in [0.15, 0.2) is 53.3 Å². The van der Waals surface area contributed by atoms with Crippen molar-refractivity contribution < 1.29 is 9.18 Å². The predicted octanol–water partition coefficient (Wildman–Crippen LogP) is 2.96. The van der Waals surface area contributed by atoms with Crippen molar-refractivity contribution in [3.05, 3.63) is 87.2 Å². The van der Waals surface area contributed by atoms with E-state index in [4.69, 9.17) is 0 Å². The molecule has 2 aromatic heterocycles. The third-order valence-electron chi connectivity index (χ3n) is 6.32. The zero-order valence-corrected chi connectivity index (χ0v) is 18.9. The number of nitrogens with one attached hydrogen (secondary N) is 1. The molecule has 3 heterocycles. The van der Waals surface area contributed by atoms with Gasteiger partial charge in [-0.3, -0.25) is 9.59 Å². The Morgan fingerprint density at radius 3 is 2.62 bits per heavy atom. The number of nitrogens with zero attached hydrogens (tertiary/aromatic N) is 5. The number of carbonyl (C=O) groups excluding carboxylic acids is 1. The lowest BCUT2D eigenvalue weighted by molar-refractivity contribution is -0.131. The molecule has 34 heavy (non-hydrogen) atoms. The Labute approximate surface area is 195 Å². The van der Waals surface area contributed by atoms with Crippen molar-refractivity contribution in [2.75, 3.05) is 13.1 Å². The van der Waals surface area contributed by atoms with Gasteiger partial charge in [-0.25, -0.2) is 14.1 Å². The predicted molar refractivity (Wildman–Crippen MR) is 125 cm³/mol. The molecule has 4 aromatic rings. The van der Waals surface area contributed by atoms with Crippen molar-refractivity contribution in [3.63, 3.8) is 0 Å². The van der Waals surface area contributed by atoms with Crippen LogP contribution in [0, 0.1) is 12.7 Å². The van der Waals surface area contributed by atoms with Gasteiger partial charge in [0.05, 0.1) is 13.0 Å². The Morgan fingerprint density at radius 1 is 1.12 bits per heavy atom. The van der Waals surface area contributed by atoms with E-state index in [1.807, 2.05) is 36.1 Å². The van der Waals surface area contributed by atoms with E-state index in [-0.39, 0.29) is 35.3 Å². The first-order chi connectivity index (χ1) is 16.5. The molecule has 1 aliphatic rings. The fourth-order valence-electron chi connectivity index (χ4n) is 4.39. The van der Waals surface area contributed by atoms with Gasteiger partial charge in [0, 0.05) is 19.0 Å². The summed E-state index contributed by atoms with van der Waals surface area (Å²) >= 11 is 0. The highest BCUT2D eigenvalue weighted by Gasteiger charge is 2.26. The number of hydrogen-bond acceptors (Lipinski definition) is 5. The van der Waals surface area contributed by atoms with Gasteiger partial charge in [0.15, 0.2) is 11.2 Å². The number of fused-ring (bicyclic) bond motifs is 1. The minimum atomic E-state index is -0.344. The number of amides is 1. The molecule has 0 radical (unpaired) electrons. The number of halogens is 1. The van der Waals surface area contributed by atoms with Crippen LogP contribution < -0.4 is 5.56 Å². The lowest BCUT2D eigenvalue weighted by atomic mass is 9.95. The molecule has 5 rings (SSSR count). The molecule has 0 unspecified atom stereocenters. The van der Waals surface area contributed by atoms with E-state index >= 15 is 0 Å². The molecule has 0 aliphatic carbocycles. The number of hydrogen-bond donors (Lipinski definition) is 1. The molecule has 1 amide bonds. The summed E-state index contributed by atoms with van der Waals surface area (Å²) in [6.07, 6.45) is 1.80. The zero-order valence-electron chi connectivity index (χ0n) is 18.9. The maximum absolute atomic E-state index is 13.6. The standard InChI is InChI=1S/C25H25FN6O2/c1-16-5-7-17(8-6-16)14-21(33)31-11-9-19(10-12-31)23-27-24-22(25(34)28-23)29-30-32(24)15-18-3-2-4-20(26)13-18/h2-8,13,19H,9-12,14-15H2,1H3,(H,27,28,34). The molecule has 9 heteroatoms. The van der Waals surface area contributed by atoms with Crippen LogP contribution in [0.25, 0.3) is 11.2 Å². The third-order valence-corrected chi connectivity index (χ3v) is 6.32. The first-order valence-corrected chi connectivity index (χ1v) is 11.4. The highest BCUT2D eigenvalue weighted by Crippen LogP contribution is 2.26. The summed E-state index contributed by atoms with van der Waals surface area (Å²) in [5, 5.41) is 8.02. The second kappa shape index (κ2) is 9.17. The molecule has 2 aromatic carbocycles. The molecular weight excluding hydrogens is 435 g/mol. The van der Waals surface area contributed by atoms with E-state index in [2.05, 4.69) is 20.3 Å². The van der Waals surface area contributed by atoms with E-state index in [1.54, 1.807) is 12.1 Å². The topological polar surface area (TPSA) is 96.8 Å². The summed E-state index contributed by atoms with van der Waals surface area (Å²) in [5.41, 5.74) is 3.07. The summed E-state index contributed by atoms with van der Waals surface area (Å²) in [6, 6.07) is 14.2. The number of benzene rings is 2. The summed E-state index contributed by atoms with van der Waals surface area (Å²) in [5.74, 6) is 0.373. The Bertz CT molecular complexity index is 1390. The molecule has 1 fully saturated rings. The largest absolute Gasteiger partial charge is 0.342 e. The lowest BCUT2D eigenvalue weighted by Gasteiger charge is -2.31. The number of aromatic amines is 1. The number of carbonyl (C=O) groups is 1. The second-order valence-electron chi connectivity index (χ2n) is 8.82. The zero-order chi connectivity index (χ0) is 23.7. The summed E-state index contributed by atoms with van der Waals surface area (Å²) in [4.78, 5) is 34.8. The highest BCUT2D eigenvalue weighted by atomic mass is 19.1. The summed E-state index contributed by atoms with van der Waals surface area (Å²) in [7, 11) is 0. The molecule has 0 bridgehead atoms. The fourth-order valence-corrected chi connectivity index (χ4v) is 4.39. The smallest absolute Gasteiger partial charge is 0.281 e. The van der Waals surface area contributed by atoms with Gasteiger partial charge in [0.25, 0.3) is 5.56 Å². The fraction of sp³-hybridized carbons (Fsp3) is 0.320. The number of likely N-dealkylation sites (tertiary alicyclic amines) is 1. The van der Waals surface area contributed by atoms with Crippen LogP contribution in [-0.2, 0) is 17.8 Å². The Hall–Kier alpha value is -3.88. The number of aryl methyl sites for hydroxylation is 1. The normalized spacial score (nSPS) is 14.6. The molecular formula is C25H25FN6O2. The Balaban J connectivity index is 1.29. The van der Waals surface area contributed by atoms with Crippen LogP contribution in [0.3, 0.4) is 0 Å². The number of piperidine rings is 1. The molecule has 0 saturated carbocycles. The number of rotatable bonds is 5.